The van der Waals surface area contributed by atoms with E-state index >= 15 is 0 Å². The molecule has 0 saturated carbocycles. The maximum absolute atomic E-state index is 12.3. The van der Waals surface area contributed by atoms with E-state index in [0.717, 1.165) is 6.92 Å². The molecule has 1 amide bonds. The molecule has 1 saturated heterocycles. The molecule has 1 fully saturated rings. The molecule has 5 atom stereocenters. The Labute approximate surface area is 154 Å². The van der Waals surface area contributed by atoms with Crippen LogP contribution in [0.5, 0.6) is 0 Å². The van der Waals surface area contributed by atoms with Crippen LogP contribution in [0.3, 0.4) is 0 Å². The lowest BCUT2D eigenvalue weighted by atomic mass is 9.96. The number of ether oxygens (including phenoxy) is 2. The Hall–Kier alpha value is -2.09. The molecule has 1 heterocycles. The van der Waals surface area contributed by atoms with Crippen molar-refractivity contribution < 1.29 is 46.4 Å². The predicted molar refractivity (Wildman–Crippen MR) is 87.6 cm³/mol. The van der Waals surface area contributed by atoms with E-state index in [1.165, 1.54) is 12.1 Å². The monoisotopic (exact) mass is 405 g/mol. The van der Waals surface area contributed by atoms with Gasteiger partial charge in [0.1, 0.15) is 18.2 Å². The molecular weight excluding hydrogens is 386 g/mol. The van der Waals surface area contributed by atoms with Crippen LogP contribution in [0.1, 0.15) is 17.3 Å². The van der Waals surface area contributed by atoms with Gasteiger partial charge in [-0.3, -0.25) is 9.35 Å². The van der Waals surface area contributed by atoms with Crippen molar-refractivity contribution in [1.82, 2.24) is 5.32 Å². The third kappa shape index (κ3) is 5.95. The van der Waals surface area contributed by atoms with Gasteiger partial charge in [0.25, 0.3) is 0 Å². The number of aliphatic hydroxyl groups excluding tert-OH is 2. The van der Waals surface area contributed by atoms with Gasteiger partial charge in [-0.1, -0.05) is 18.2 Å². The summed E-state index contributed by atoms with van der Waals surface area (Å²) in [7, 11) is -4.83. The van der Waals surface area contributed by atoms with Gasteiger partial charge in [0.05, 0.1) is 12.2 Å². The summed E-state index contributed by atoms with van der Waals surface area (Å²) < 4.78 is 44.4. The van der Waals surface area contributed by atoms with E-state index in [-0.39, 0.29) is 5.56 Å². The summed E-state index contributed by atoms with van der Waals surface area (Å²) in [6.45, 7) is 0.284. The zero-order valence-corrected chi connectivity index (χ0v) is 14.9. The molecule has 0 aliphatic carbocycles. The average Bonchev–Trinajstić information content (AvgIpc) is 2.59. The molecule has 150 valence electrons. The molecule has 1 aliphatic rings. The van der Waals surface area contributed by atoms with Crippen LogP contribution < -0.4 is 5.32 Å². The fourth-order valence-electron chi connectivity index (χ4n) is 2.52. The first kappa shape index (κ1) is 21.2. The number of aliphatic hydroxyl groups is 2. The van der Waals surface area contributed by atoms with Gasteiger partial charge in [-0.05, 0) is 12.1 Å². The predicted octanol–water partition coefficient (Wildman–Crippen LogP) is -1.39. The Bertz CT molecular complexity index is 768. The van der Waals surface area contributed by atoms with E-state index < -0.39 is 59.5 Å². The van der Waals surface area contributed by atoms with Gasteiger partial charge in [-0.2, -0.15) is 8.42 Å². The first-order chi connectivity index (χ1) is 12.6. The number of carbonyl (C=O) groups is 2. The summed E-state index contributed by atoms with van der Waals surface area (Å²) >= 11 is 0. The summed E-state index contributed by atoms with van der Waals surface area (Å²) in [4.78, 5) is 23.7. The van der Waals surface area contributed by atoms with Crippen LogP contribution in [0.15, 0.2) is 30.3 Å². The first-order valence-corrected chi connectivity index (χ1v) is 9.11. The van der Waals surface area contributed by atoms with E-state index in [2.05, 4.69) is 9.50 Å². The Balaban J connectivity index is 2.21. The topological polar surface area (TPSA) is 169 Å². The van der Waals surface area contributed by atoms with Gasteiger partial charge in [-0.15, -0.1) is 0 Å². The Kier molecular flexibility index (Phi) is 6.86. The molecular formula is C15H19NO10S. The Morgan fingerprint density at radius 2 is 1.85 bits per heavy atom. The molecule has 0 aromatic heterocycles. The normalized spacial score (nSPS) is 28.4. The molecule has 12 heteroatoms. The van der Waals surface area contributed by atoms with Crippen molar-refractivity contribution in [1.29, 1.82) is 0 Å². The molecule has 1 aromatic carbocycles. The van der Waals surface area contributed by atoms with Crippen molar-refractivity contribution in [3.63, 3.8) is 0 Å². The van der Waals surface area contributed by atoms with Crippen LogP contribution in [0.2, 0.25) is 0 Å². The highest BCUT2D eigenvalue weighted by Gasteiger charge is 2.48. The SMILES string of the molecule is CC(=O)N[C@@H]1[C@H](OC(=O)c2ccccc2)[C@H](O)[C@@H](COS(=O)(=O)O)O[C@H]1O. The van der Waals surface area contributed by atoms with Gasteiger partial charge in [0, 0.05) is 6.92 Å². The molecule has 4 N–H and O–H groups in total. The van der Waals surface area contributed by atoms with E-state index in [0.29, 0.717) is 0 Å². The van der Waals surface area contributed by atoms with Crippen molar-refractivity contribution >= 4 is 22.3 Å². The number of esters is 1. The summed E-state index contributed by atoms with van der Waals surface area (Å²) in [6, 6.07) is 6.42. The van der Waals surface area contributed by atoms with Crippen LogP contribution in [0.4, 0.5) is 0 Å². The third-order valence-corrected chi connectivity index (χ3v) is 4.13. The van der Waals surface area contributed by atoms with Crippen LogP contribution in [0, 0.1) is 0 Å². The molecule has 0 spiro atoms. The number of hydrogen-bond donors (Lipinski definition) is 4. The van der Waals surface area contributed by atoms with Crippen molar-refractivity contribution in [2.24, 2.45) is 0 Å². The molecule has 0 bridgehead atoms. The van der Waals surface area contributed by atoms with Gasteiger partial charge >= 0.3 is 16.4 Å². The van der Waals surface area contributed by atoms with E-state index in [9.17, 15) is 28.2 Å². The molecule has 2 rings (SSSR count). The highest BCUT2D eigenvalue weighted by Crippen LogP contribution is 2.24. The molecule has 11 nitrogen and oxygen atoms in total. The maximum atomic E-state index is 12.3. The van der Waals surface area contributed by atoms with Gasteiger partial charge in [-0.25, -0.2) is 8.98 Å². The van der Waals surface area contributed by atoms with Crippen molar-refractivity contribution in [2.45, 2.75) is 37.6 Å². The largest absolute Gasteiger partial charge is 0.453 e. The van der Waals surface area contributed by atoms with Crippen molar-refractivity contribution in [3.05, 3.63) is 35.9 Å². The molecule has 27 heavy (non-hydrogen) atoms. The number of rotatable bonds is 6. The lowest BCUT2D eigenvalue weighted by molar-refractivity contribution is -0.251. The summed E-state index contributed by atoms with van der Waals surface area (Å²) in [6.07, 6.45) is -6.39. The van der Waals surface area contributed by atoms with Crippen LogP contribution in [0.25, 0.3) is 0 Å². The standard InChI is InChI=1S/C15H19NO10S/c1-8(17)16-11-13(26-14(19)9-5-3-2-4-6-9)12(18)10(25-15(11)20)7-24-27(21,22)23/h2-6,10-13,15,18,20H,7H2,1H3,(H,16,17)(H,21,22,23)/t10-,11-,12-,13+,15-/m1/s1. The summed E-state index contributed by atoms with van der Waals surface area (Å²) in [5, 5.41) is 22.8. The molecule has 0 unspecified atom stereocenters. The summed E-state index contributed by atoms with van der Waals surface area (Å²) in [5.41, 5.74) is 0.151. The summed E-state index contributed by atoms with van der Waals surface area (Å²) in [5.74, 6) is -1.44. The Morgan fingerprint density at radius 1 is 1.22 bits per heavy atom. The van der Waals surface area contributed by atoms with E-state index in [4.69, 9.17) is 14.0 Å². The molecule has 0 radical (unpaired) electrons. The number of amides is 1. The minimum Gasteiger partial charge on any atom is -0.453 e. The second-order valence-electron chi connectivity index (χ2n) is 5.73. The minimum absolute atomic E-state index is 0.151. The lowest BCUT2D eigenvalue weighted by Gasteiger charge is -2.42. The van der Waals surface area contributed by atoms with Crippen LogP contribution in [-0.4, -0.2) is 72.3 Å². The number of carbonyl (C=O) groups excluding carboxylic acids is 2. The van der Waals surface area contributed by atoms with Gasteiger partial charge < -0.3 is 25.0 Å². The Morgan fingerprint density at radius 3 is 2.41 bits per heavy atom. The zero-order valence-electron chi connectivity index (χ0n) is 14.1. The van der Waals surface area contributed by atoms with Crippen LogP contribution in [-0.2, 0) is 28.9 Å². The van der Waals surface area contributed by atoms with Gasteiger partial charge in [0.2, 0.25) is 5.91 Å². The smallest absolute Gasteiger partial charge is 0.397 e. The second kappa shape index (κ2) is 8.73. The maximum Gasteiger partial charge on any atom is 0.397 e. The highest BCUT2D eigenvalue weighted by atomic mass is 32.3. The zero-order chi connectivity index (χ0) is 20.2. The average molecular weight is 405 g/mol. The molecule has 1 aliphatic heterocycles. The van der Waals surface area contributed by atoms with Crippen LogP contribution >= 0.6 is 0 Å². The first-order valence-electron chi connectivity index (χ1n) is 7.75. The minimum atomic E-state index is -4.83. The van der Waals surface area contributed by atoms with E-state index in [1.807, 2.05) is 0 Å². The lowest BCUT2D eigenvalue weighted by Crippen LogP contribution is -2.65. The van der Waals surface area contributed by atoms with Gasteiger partial charge in [0.15, 0.2) is 12.4 Å². The van der Waals surface area contributed by atoms with Crippen molar-refractivity contribution in [3.8, 4) is 0 Å². The molecule has 1 aromatic rings. The fourth-order valence-corrected chi connectivity index (χ4v) is 2.82. The third-order valence-electron chi connectivity index (χ3n) is 3.70. The van der Waals surface area contributed by atoms with Crippen molar-refractivity contribution in [2.75, 3.05) is 6.61 Å². The number of nitrogens with one attached hydrogen (secondary N) is 1. The number of benzene rings is 1. The quantitative estimate of drug-likeness (QED) is 0.327. The number of hydrogen-bond acceptors (Lipinski definition) is 9. The fraction of sp³-hybridized carbons (Fsp3) is 0.467. The van der Waals surface area contributed by atoms with E-state index in [1.54, 1.807) is 18.2 Å². The second-order valence-corrected chi connectivity index (χ2v) is 6.82. The highest BCUT2D eigenvalue weighted by molar-refractivity contribution is 7.80.